The third-order valence-electron chi connectivity index (χ3n) is 10.9. The van der Waals surface area contributed by atoms with Gasteiger partial charge in [0.25, 0.3) is 0 Å². The molecule has 2 aliphatic heterocycles. The molecule has 1 saturated carbocycles. The fraction of sp³-hybridized carbons (Fsp3) is 0.553. The van der Waals surface area contributed by atoms with Crippen molar-refractivity contribution in [1.29, 1.82) is 0 Å². The van der Waals surface area contributed by atoms with Gasteiger partial charge in [-0.15, -0.1) is 19.0 Å². The van der Waals surface area contributed by atoms with Gasteiger partial charge in [0.15, 0.2) is 12.2 Å². The molecule has 3 fully saturated rings. The molecule has 5 unspecified atom stereocenters. The zero-order chi connectivity index (χ0) is 35.8. The first-order chi connectivity index (χ1) is 23.4. The van der Waals surface area contributed by atoms with Crippen LogP contribution in [-0.4, -0.2) is 111 Å². The summed E-state index contributed by atoms with van der Waals surface area (Å²) in [6.07, 6.45) is 6.99. The third kappa shape index (κ3) is 8.87. The number of aromatic hydroxyl groups is 1. The highest BCUT2D eigenvalue weighted by atomic mass is 35.5. The van der Waals surface area contributed by atoms with Gasteiger partial charge in [0.2, 0.25) is 0 Å². The van der Waals surface area contributed by atoms with Gasteiger partial charge in [-0.2, -0.15) is 0 Å². The van der Waals surface area contributed by atoms with Crippen molar-refractivity contribution in [2.24, 2.45) is 5.92 Å². The summed E-state index contributed by atoms with van der Waals surface area (Å²) in [5.74, 6) is -2.39. The van der Waals surface area contributed by atoms with E-state index in [-0.39, 0.29) is 18.4 Å². The number of halogens is 1. The van der Waals surface area contributed by atoms with Crippen molar-refractivity contribution in [2.45, 2.75) is 87.4 Å². The van der Waals surface area contributed by atoms with Crippen LogP contribution in [0, 0.1) is 5.92 Å². The fourth-order valence-electron chi connectivity index (χ4n) is 8.37. The lowest BCUT2D eigenvalue weighted by atomic mass is 9.52. The van der Waals surface area contributed by atoms with Crippen LogP contribution in [-0.2, 0) is 36.4 Å². The summed E-state index contributed by atoms with van der Waals surface area (Å²) in [6, 6.07) is 16.8. The molecule has 0 aromatic heterocycles. The summed E-state index contributed by atoms with van der Waals surface area (Å²) in [4.78, 5) is 36.8. The normalized spacial score (nSPS) is 24.8. The summed E-state index contributed by atoms with van der Waals surface area (Å²) in [5.41, 5.74) is 3.94. The molecule has 2 aromatic rings. The number of benzene rings is 2. The topological polar surface area (TPSA) is 168 Å². The van der Waals surface area contributed by atoms with Gasteiger partial charge in [-0.05, 0) is 107 Å². The summed E-state index contributed by atoms with van der Waals surface area (Å²) >= 11 is 0. The van der Waals surface area contributed by atoms with Crippen LogP contribution in [0.4, 0.5) is 0 Å². The maximum Gasteiger partial charge on any atom is 0.335 e. The number of likely N-dealkylation sites (tertiary alicyclic amines) is 2. The number of nitrogens with zero attached hydrogens (tertiary/aromatic N) is 2. The second-order valence-electron chi connectivity index (χ2n) is 13.7. The molecule has 12 heteroatoms. The van der Waals surface area contributed by atoms with Crippen molar-refractivity contribution >= 4 is 30.3 Å². The number of hydrogen-bond acceptors (Lipinski definition) is 9. The lowest BCUT2D eigenvalue weighted by Gasteiger charge is -2.59. The van der Waals surface area contributed by atoms with Gasteiger partial charge in [0.05, 0.1) is 12.0 Å². The number of esters is 1. The Morgan fingerprint density at radius 3 is 2.18 bits per heavy atom. The smallest absolute Gasteiger partial charge is 0.335 e. The van der Waals surface area contributed by atoms with Gasteiger partial charge in [-0.3, -0.25) is 9.69 Å². The molecule has 50 heavy (non-hydrogen) atoms. The van der Waals surface area contributed by atoms with E-state index in [4.69, 9.17) is 25.2 Å². The zero-order valence-electron chi connectivity index (χ0n) is 29.1. The number of carboxylic acids is 2. The van der Waals surface area contributed by atoms with Crippen molar-refractivity contribution < 1.29 is 44.7 Å². The molecule has 276 valence electrons. The molecule has 2 heterocycles. The van der Waals surface area contributed by atoms with E-state index in [0.29, 0.717) is 23.8 Å². The van der Waals surface area contributed by atoms with Crippen LogP contribution in [0.5, 0.6) is 5.75 Å². The van der Waals surface area contributed by atoms with Crippen LogP contribution in [0.15, 0.2) is 61.2 Å². The lowest BCUT2D eigenvalue weighted by Crippen LogP contribution is -2.60. The van der Waals surface area contributed by atoms with Crippen LogP contribution in [0.3, 0.4) is 0 Å². The van der Waals surface area contributed by atoms with Gasteiger partial charge in [0, 0.05) is 18.0 Å². The Labute approximate surface area is 301 Å². The summed E-state index contributed by atoms with van der Waals surface area (Å²) < 4.78 is 5.32. The number of ether oxygens (including phenoxy) is 1. The van der Waals surface area contributed by atoms with Gasteiger partial charge in [0.1, 0.15) is 5.75 Å². The molecule has 4 aliphatic rings. The predicted octanol–water partition coefficient (Wildman–Crippen LogP) is 4.15. The SMILES string of the molecule is C=CCN1CCC23CCCCC2C1Cc1ccc(O)cc13.CCOC(=O)C1(c2ccccc2)CCN(C)CC1.Cl.O=C(O)C(O)C(O)C(=O)O. The van der Waals surface area contributed by atoms with Crippen molar-refractivity contribution in [3.63, 3.8) is 0 Å². The van der Waals surface area contributed by atoms with Crippen LogP contribution < -0.4 is 0 Å². The minimum Gasteiger partial charge on any atom is -0.508 e. The maximum atomic E-state index is 12.4. The molecular weight excluding hydrogens is 664 g/mol. The minimum atomic E-state index is -2.27. The quantitative estimate of drug-likeness (QED) is 0.197. The molecule has 0 radical (unpaired) electrons. The van der Waals surface area contributed by atoms with Crippen LogP contribution >= 0.6 is 12.4 Å². The number of phenolic OH excluding ortho intramolecular Hbond substituents is 1. The van der Waals surface area contributed by atoms with E-state index in [1.807, 2.05) is 43.3 Å². The summed E-state index contributed by atoms with van der Waals surface area (Å²) in [7, 11) is 2.10. The van der Waals surface area contributed by atoms with E-state index >= 15 is 0 Å². The maximum absolute atomic E-state index is 12.4. The van der Waals surface area contributed by atoms with Crippen molar-refractivity contribution in [2.75, 3.05) is 39.8 Å². The Morgan fingerprint density at radius 2 is 1.60 bits per heavy atom. The van der Waals surface area contributed by atoms with E-state index in [1.54, 1.807) is 0 Å². The predicted molar refractivity (Wildman–Crippen MR) is 192 cm³/mol. The highest BCUT2D eigenvalue weighted by Crippen LogP contribution is 2.56. The van der Waals surface area contributed by atoms with Gasteiger partial charge in [-0.25, -0.2) is 9.59 Å². The molecule has 2 bridgehead atoms. The molecule has 0 amide bonds. The Bertz CT molecular complexity index is 1430. The van der Waals surface area contributed by atoms with Gasteiger partial charge >= 0.3 is 17.9 Å². The van der Waals surface area contributed by atoms with Gasteiger partial charge in [-0.1, -0.05) is 55.3 Å². The highest BCUT2D eigenvalue weighted by molar-refractivity contribution is 5.85. The van der Waals surface area contributed by atoms with E-state index in [0.717, 1.165) is 50.4 Å². The van der Waals surface area contributed by atoms with E-state index < -0.39 is 29.6 Å². The number of phenols is 1. The largest absolute Gasteiger partial charge is 0.508 e. The van der Waals surface area contributed by atoms with E-state index in [9.17, 15) is 19.5 Å². The third-order valence-corrected chi connectivity index (χ3v) is 10.9. The number of aliphatic carboxylic acids is 2. The van der Waals surface area contributed by atoms with Gasteiger partial charge < -0.3 is 35.2 Å². The minimum absolute atomic E-state index is 0. The lowest BCUT2D eigenvalue weighted by molar-refractivity contribution is -0.165. The highest BCUT2D eigenvalue weighted by Gasteiger charge is 2.53. The Balaban J connectivity index is 0.000000214. The van der Waals surface area contributed by atoms with E-state index in [2.05, 4.69) is 41.6 Å². The molecular formula is C38H53ClN2O9. The Hall–Kier alpha value is -3.48. The molecule has 2 saturated heterocycles. The molecule has 5 N–H and O–H groups in total. The number of carbonyl (C=O) groups excluding carboxylic acids is 1. The standard InChI is InChI=1S/C19H25NO.C15H21NO2.C4H6O6.ClH/c1-2-10-20-11-9-19-8-4-3-5-16(19)18(20)12-14-6-7-15(21)13-17(14)19;1-3-18-14(17)15(9-11-16(2)12-10-15)13-7-5-4-6-8-13;5-1(3(7)8)2(6)4(9)10;/h2,6-7,13,16,18,21H,1,3-5,8-12H2;4-8H,3,9-12H2,1-2H3;1-2,5-6H,(H,7,8)(H,9,10);1H. The Kier molecular flexibility index (Phi) is 14.9. The van der Waals surface area contributed by atoms with Crippen molar-refractivity contribution in [3.8, 4) is 5.75 Å². The molecule has 2 aromatic carbocycles. The first-order valence-electron chi connectivity index (χ1n) is 17.3. The number of hydrogen-bond donors (Lipinski definition) is 5. The fourth-order valence-corrected chi connectivity index (χ4v) is 8.37. The number of rotatable bonds is 8. The number of fused-ring (bicyclic) bond motifs is 1. The number of piperidine rings is 2. The molecule has 0 spiro atoms. The first-order valence-corrected chi connectivity index (χ1v) is 17.3. The zero-order valence-corrected chi connectivity index (χ0v) is 29.9. The monoisotopic (exact) mass is 716 g/mol. The van der Waals surface area contributed by atoms with E-state index in [1.165, 1.54) is 49.8 Å². The second kappa shape index (κ2) is 18.1. The van der Waals surface area contributed by atoms with Crippen LogP contribution in [0.2, 0.25) is 0 Å². The molecule has 6 rings (SSSR count). The van der Waals surface area contributed by atoms with Crippen molar-refractivity contribution in [1.82, 2.24) is 9.80 Å². The first kappa shape index (κ1) is 40.9. The Morgan fingerprint density at radius 1 is 0.960 bits per heavy atom. The van der Waals surface area contributed by atoms with Crippen molar-refractivity contribution in [3.05, 3.63) is 77.9 Å². The summed E-state index contributed by atoms with van der Waals surface area (Å²) in [6.45, 7) is 10.3. The molecule has 11 nitrogen and oxygen atoms in total. The number of carboxylic acid groups (broad SMARTS) is 2. The number of aliphatic hydroxyl groups excluding tert-OH is 2. The molecule has 2 aliphatic carbocycles. The average Bonchev–Trinajstić information content (AvgIpc) is 3.10. The number of carbonyl (C=O) groups is 3. The van der Waals surface area contributed by atoms with Crippen LogP contribution in [0.25, 0.3) is 0 Å². The summed E-state index contributed by atoms with van der Waals surface area (Å²) in [5, 5.41) is 42.5. The van der Waals surface area contributed by atoms with Crippen LogP contribution in [0.1, 0.15) is 68.6 Å². The number of aliphatic hydroxyl groups is 2. The second-order valence-corrected chi connectivity index (χ2v) is 13.7. The molecule has 5 atom stereocenters. The average molecular weight is 717 g/mol.